The fourth-order valence-electron chi connectivity index (χ4n) is 1.19. The maximum absolute atomic E-state index is 3.53. The van der Waals surface area contributed by atoms with Gasteiger partial charge in [0.15, 0.2) is 0 Å². The van der Waals surface area contributed by atoms with E-state index in [9.17, 15) is 0 Å². The molecule has 14 heavy (non-hydrogen) atoms. The van der Waals surface area contributed by atoms with E-state index in [1.165, 1.54) is 5.56 Å². The molecule has 1 aromatic rings. The predicted octanol–water partition coefficient (Wildman–Crippen LogP) is 4.33. The van der Waals surface area contributed by atoms with E-state index >= 15 is 0 Å². The lowest BCUT2D eigenvalue weighted by molar-refractivity contribution is 0.995. The Morgan fingerprint density at radius 1 is 1.21 bits per heavy atom. The van der Waals surface area contributed by atoms with Crippen LogP contribution in [0.1, 0.15) is 12.0 Å². The van der Waals surface area contributed by atoms with Crippen molar-refractivity contribution in [1.29, 1.82) is 0 Å². The Hall–Kier alpha value is -0.0800. The highest BCUT2D eigenvalue weighted by atomic mass is 79.9. The van der Waals surface area contributed by atoms with Crippen molar-refractivity contribution in [1.82, 2.24) is 0 Å². The monoisotopic (exact) mass is 316 g/mol. The summed E-state index contributed by atoms with van der Waals surface area (Å²) in [7, 11) is 0. The Morgan fingerprint density at radius 3 is 2.57 bits per heavy atom. The molecule has 1 rings (SSSR count). The van der Waals surface area contributed by atoms with Crippen LogP contribution in [-0.4, -0.2) is 10.2 Å². The molecule has 76 valence electrons. The molecule has 0 saturated heterocycles. The van der Waals surface area contributed by atoms with Crippen LogP contribution in [0.25, 0.3) is 0 Å². The van der Waals surface area contributed by atoms with E-state index in [4.69, 9.17) is 0 Å². The van der Waals surface area contributed by atoms with Crippen LogP contribution in [0.3, 0.4) is 0 Å². The second-order valence-corrected chi connectivity index (χ2v) is 4.95. The summed E-state index contributed by atoms with van der Waals surface area (Å²) in [5.74, 6) is 0. The van der Waals surface area contributed by atoms with Crippen LogP contribution in [0.15, 0.2) is 42.5 Å². The van der Waals surface area contributed by atoms with Crippen molar-refractivity contribution in [3.05, 3.63) is 48.0 Å². The van der Waals surface area contributed by atoms with Gasteiger partial charge in [0, 0.05) is 10.2 Å². The first kappa shape index (κ1) is 12.0. The minimum absolute atomic E-state index is 0.457. The fourth-order valence-corrected chi connectivity index (χ4v) is 1.62. The average molecular weight is 318 g/mol. The van der Waals surface area contributed by atoms with Crippen molar-refractivity contribution >= 4 is 31.9 Å². The Balaban J connectivity index is 2.25. The first-order valence-corrected chi connectivity index (χ1v) is 6.77. The smallest absolute Gasteiger partial charge is 0.0422 e. The van der Waals surface area contributed by atoms with E-state index < -0.39 is 0 Å². The summed E-state index contributed by atoms with van der Waals surface area (Å²) in [6.07, 6.45) is 6.66. The van der Waals surface area contributed by atoms with Crippen LogP contribution in [0.4, 0.5) is 0 Å². The van der Waals surface area contributed by atoms with Gasteiger partial charge in [-0.05, 0) is 18.4 Å². The quantitative estimate of drug-likeness (QED) is 0.560. The molecular formula is C12H14Br2. The van der Waals surface area contributed by atoms with Crippen LogP contribution in [0.2, 0.25) is 0 Å². The molecule has 0 nitrogen and oxygen atoms in total. The first-order valence-electron chi connectivity index (χ1n) is 4.73. The van der Waals surface area contributed by atoms with Gasteiger partial charge in [0.2, 0.25) is 0 Å². The fraction of sp³-hybridized carbons (Fsp3) is 0.333. The molecule has 1 aromatic carbocycles. The molecule has 0 aromatic heterocycles. The van der Waals surface area contributed by atoms with Crippen LogP contribution >= 0.6 is 31.9 Å². The molecule has 0 bridgehead atoms. The molecule has 1 unspecified atom stereocenters. The Morgan fingerprint density at radius 2 is 1.93 bits per heavy atom. The van der Waals surface area contributed by atoms with Gasteiger partial charge in [-0.2, -0.15) is 0 Å². The van der Waals surface area contributed by atoms with Crippen molar-refractivity contribution in [3.8, 4) is 0 Å². The second-order valence-electron chi connectivity index (χ2n) is 3.12. The van der Waals surface area contributed by atoms with Gasteiger partial charge in [0.05, 0.1) is 0 Å². The topological polar surface area (TPSA) is 0 Å². The van der Waals surface area contributed by atoms with Gasteiger partial charge < -0.3 is 0 Å². The normalized spacial score (nSPS) is 13.3. The number of alkyl halides is 2. The number of rotatable bonds is 5. The Labute approximate surface area is 103 Å². The van der Waals surface area contributed by atoms with Crippen molar-refractivity contribution in [2.75, 3.05) is 5.33 Å². The van der Waals surface area contributed by atoms with Crippen LogP contribution < -0.4 is 0 Å². The molecule has 0 amide bonds. The predicted molar refractivity (Wildman–Crippen MR) is 70.4 cm³/mol. The van der Waals surface area contributed by atoms with E-state index in [1.54, 1.807) is 0 Å². The summed E-state index contributed by atoms with van der Waals surface area (Å²) < 4.78 is 0. The highest BCUT2D eigenvalue weighted by molar-refractivity contribution is 9.12. The van der Waals surface area contributed by atoms with E-state index in [0.717, 1.165) is 18.2 Å². The molecule has 0 fully saturated rings. The summed E-state index contributed by atoms with van der Waals surface area (Å²) in [5, 5.41) is 0.967. The molecule has 0 N–H and O–H groups in total. The van der Waals surface area contributed by atoms with Gasteiger partial charge in [-0.25, -0.2) is 0 Å². The summed E-state index contributed by atoms with van der Waals surface area (Å²) in [6.45, 7) is 0. The lowest BCUT2D eigenvalue weighted by Gasteiger charge is -1.98. The third-order valence-electron chi connectivity index (χ3n) is 1.93. The highest BCUT2D eigenvalue weighted by Gasteiger charge is 1.93. The largest absolute Gasteiger partial charge is 0.0913 e. The van der Waals surface area contributed by atoms with Crippen LogP contribution in [-0.2, 0) is 6.42 Å². The summed E-state index contributed by atoms with van der Waals surface area (Å²) in [5.41, 5.74) is 1.40. The van der Waals surface area contributed by atoms with E-state index in [1.807, 2.05) is 0 Å². The lowest BCUT2D eigenvalue weighted by atomic mass is 10.1. The maximum Gasteiger partial charge on any atom is 0.0422 e. The molecule has 0 saturated carbocycles. The number of aryl methyl sites for hydroxylation is 1. The Bertz CT molecular complexity index is 267. The number of allylic oxidation sites excluding steroid dienone is 2. The molecular weight excluding hydrogens is 304 g/mol. The first-order chi connectivity index (χ1) is 6.83. The van der Waals surface area contributed by atoms with Gasteiger partial charge >= 0.3 is 0 Å². The molecule has 2 heteroatoms. The molecule has 0 aliphatic carbocycles. The van der Waals surface area contributed by atoms with Gasteiger partial charge in [-0.1, -0.05) is 74.3 Å². The second kappa shape index (κ2) is 7.24. The maximum atomic E-state index is 3.53. The standard InChI is InChI=1S/C12H14Br2/c13-10-12(14)9-5-4-8-11-6-2-1-3-7-11/h1-3,5-7,9,12H,4,8,10H2. The third kappa shape index (κ3) is 4.97. The summed E-state index contributed by atoms with van der Waals surface area (Å²) >= 11 is 6.94. The van der Waals surface area contributed by atoms with E-state index in [-0.39, 0.29) is 0 Å². The van der Waals surface area contributed by atoms with Gasteiger partial charge in [0.1, 0.15) is 0 Å². The zero-order chi connectivity index (χ0) is 10.2. The molecule has 1 atom stereocenters. The SMILES string of the molecule is BrCC(Br)C=CCCc1ccccc1. The molecule has 0 aliphatic rings. The summed E-state index contributed by atoms with van der Waals surface area (Å²) in [6, 6.07) is 10.6. The summed E-state index contributed by atoms with van der Waals surface area (Å²) in [4.78, 5) is 0.457. The average Bonchev–Trinajstić information content (AvgIpc) is 2.25. The van der Waals surface area contributed by atoms with Gasteiger partial charge in [-0.3, -0.25) is 0 Å². The molecule has 0 radical (unpaired) electrons. The lowest BCUT2D eigenvalue weighted by Crippen LogP contribution is -1.92. The van der Waals surface area contributed by atoms with E-state index in [2.05, 4.69) is 74.3 Å². The number of hydrogen-bond donors (Lipinski definition) is 0. The molecule has 0 aliphatic heterocycles. The minimum Gasteiger partial charge on any atom is -0.0913 e. The number of benzene rings is 1. The van der Waals surface area contributed by atoms with E-state index in [0.29, 0.717) is 4.83 Å². The molecule has 0 spiro atoms. The number of hydrogen-bond acceptors (Lipinski definition) is 0. The highest BCUT2D eigenvalue weighted by Crippen LogP contribution is 2.07. The van der Waals surface area contributed by atoms with Crippen LogP contribution in [0, 0.1) is 0 Å². The van der Waals surface area contributed by atoms with Crippen LogP contribution in [0.5, 0.6) is 0 Å². The van der Waals surface area contributed by atoms with Gasteiger partial charge in [-0.15, -0.1) is 0 Å². The van der Waals surface area contributed by atoms with Crippen molar-refractivity contribution < 1.29 is 0 Å². The molecule has 0 heterocycles. The van der Waals surface area contributed by atoms with Gasteiger partial charge in [0.25, 0.3) is 0 Å². The third-order valence-corrected chi connectivity index (χ3v) is 4.13. The van der Waals surface area contributed by atoms with Crippen molar-refractivity contribution in [2.45, 2.75) is 17.7 Å². The zero-order valence-corrected chi connectivity index (χ0v) is 11.2. The minimum atomic E-state index is 0.457. The zero-order valence-electron chi connectivity index (χ0n) is 8.00. The van der Waals surface area contributed by atoms with Crippen molar-refractivity contribution in [3.63, 3.8) is 0 Å². The number of halogens is 2. The van der Waals surface area contributed by atoms with Crippen molar-refractivity contribution in [2.24, 2.45) is 0 Å². The Kier molecular flexibility index (Phi) is 6.20.